The first-order valence-electron chi connectivity index (χ1n) is 11.6. The van der Waals surface area contributed by atoms with E-state index in [1.165, 1.54) is 64.2 Å². The molecule has 156 valence electrons. The van der Waals surface area contributed by atoms with Gasteiger partial charge in [0, 0.05) is 5.97 Å². The molecule has 0 aromatic heterocycles. The molecule has 4 aliphatic rings. The van der Waals surface area contributed by atoms with Crippen molar-refractivity contribution in [3.8, 4) is 0 Å². The van der Waals surface area contributed by atoms with E-state index >= 15 is 0 Å². The van der Waals surface area contributed by atoms with E-state index in [9.17, 15) is 9.90 Å². The fourth-order valence-corrected chi connectivity index (χ4v) is 8.82. The minimum atomic E-state index is -0.871. The van der Waals surface area contributed by atoms with E-state index in [0.29, 0.717) is 16.7 Å². The first-order valence-corrected chi connectivity index (χ1v) is 11.6. The molecule has 0 aromatic rings. The van der Waals surface area contributed by atoms with E-state index in [0.717, 1.165) is 36.0 Å². The van der Waals surface area contributed by atoms with Crippen LogP contribution in [-0.4, -0.2) is 11.4 Å². The number of fused-ring (bicyclic) bond motifs is 5. The van der Waals surface area contributed by atoms with Gasteiger partial charge >= 0.3 is 29.6 Å². The fraction of sp³-hybridized carbons (Fsp3) is 0.958. The van der Waals surface area contributed by atoms with Crippen LogP contribution in [0.5, 0.6) is 0 Å². The zero-order valence-electron chi connectivity index (χ0n) is 18.8. The van der Waals surface area contributed by atoms with Gasteiger partial charge < -0.3 is 15.4 Å². The van der Waals surface area contributed by atoms with Crippen LogP contribution < -0.4 is 34.7 Å². The predicted octanol–water partition coefficient (Wildman–Crippen LogP) is 1.38. The van der Waals surface area contributed by atoms with Crippen LogP contribution >= 0.6 is 0 Å². The standard InChI is InChI=1S/C24H40O2.Na.H2O/c1-16(7-12-22(25)26)19-10-11-20-18-9-8-17-6-4-5-14-23(17,2)21(18)13-15-24(19,20)3;;/h16-21H,4-15H2,1-3H3,(H,25,26);;1H2/q;+1;/p-1/t16-,17?,18+,19-,20+,21+,23+,24-;;/m1../s1. The molecule has 4 aliphatic carbocycles. The number of carbonyl (C=O) groups is 1. The van der Waals surface area contributed by atoms with Crippen molar-refractivity contribution in [2.24, 2.45) is 46.3 Å². The van der Waals surface area contributed by atoms with Crippen LogP contribution in [0.3, 0.4) is 0 Å². The molecule has 0 radical (unpaired) electrons. The number of carboxylic acids is 1. The smallest absolute Gasteiger partial charge is 0.550 e. The van der Waals surface area contributed by atoms with E-state index in [1.54, 1.807) is 0 Å². The minimum absolute atomic E-state index is 0. The van der Waals surface area contributed by atoms with Crippen LogP contribution in [0.4, 0.5) is 0 Å². The number of hydrogen-bond acceptors (Lipinski definition) is 2. The van der Waals surface area contributed by atoms with Crippen LogP contribution in [0, 0.1) is 46.3 Å². The second kappa shape index (κ2) is 9.28. The Morgan fingerprint density at radius 2 is 1.68 bits per heavy atom. The molecule has 4 heteroatoms. The van der Waals surface area contributed by atoms with Crippen molar-refractivity contribution >= 4 is 5.97 Å². The van der Waals surface area contributed by atoms with Gasteiger partial charge in [-0.15, -0.1) is 0 Å². The van der Waals surface area contributed by atoms with Crippen molar-refractivity contribution < 1.29 is 44.9 Å². The molecule has 3 nitrogen and oxygen atoms in total. The van der Waals surface area contributed by atoms with E-state index in [2.05, 4.69) is 20.8 Å². The second-order valence-electron chi connectivity index (χ2n) is 11.0. The maximum absolute atomic E-state index is 10.9. The van der Waals surface area contributed by atoms with E-state index in [-0.39, 0.29) is 41.5 Å². The Morgan fingerprint density at radius 3 is 2.39 bits per heavy atom. The third-order valence-corrected chi connectivity index (χ3v) is 10.1. The van der Waals surface area contributed by atoms with Crippen LogP contribution in [0.15, 0.2) is 0 Å². The van der Waals surface area contributed by atoms with Crippen molar-refractivity contribution in [1.82, 2.24) is 0 Å². The van der Waals surface area contributed by atoms with Gasteiger partial charge in [0.25, 0.3) is 0 Å². The summed E-state index contributed by atoms with van der Waals surface area (Å²) >= 11 is 0. The van der Waals surface area contributed by atoms with Crippen LogP contribution in [0.25, 0.3) is 0 Å². The first kappa shape index (κ1) is 24.7. The summed E-state index contributed by atoms with van der Waals surface area (Å²) in [5.74, 6) is 4.20. The Labute approximate surface area is 194 Å². The SMILES string of the molecule is C[C@H](CCC(=O)[O-])[C@H]1CC[C@H]2[C@@H]3CCC4CCCC[C@]4(C)[C@H]3CC[C@]12C.O.[Na+]. The molecule has 0 aromatic carbocycles. The van der Waals surface area contributed by atoms with Gasteiger partial charge in [0.2, 0.25) is 0 Å². The maximum Gasteiger partial charge on any atom is 1.00 e. The van der Waals surface area contributed by atoms with Crippen LogP contribution in [0.1, 0.15) is 97.8 Å². The molecule has 4 saturated carbocycles. The molecule has 1 unspecified atom stereocenters. The molecule has 2 N–H and O–H groups in total. The number of aliphatic carboxylic acids is 1. The molecule has 8 atom stereocenters. The van der Waals surface area contributed by atoms with Crippen molar-refractivity contribution in [3.63, 3.8) is 0 Å². The zero-order valence-corrected chi connectivity index (χ0v) is 20.8. The van der Waals surface area contributed by atoms with Crippen molar-refractivity contribution in [2.45, 2.75) is 97.8 Å². The van der Waals surface area contributed by atoms with Gasteiger partial charge in [-0.3, -0.25) is 0 Å². The summed E-state index contributed by atoms with van der Waals surface area (Å²) in [5, 5.41) is 10.9. The molecule has 0 bridgehead atoms. The summed E-state index contributed by atoms with van der Waals surface area (Å²) < 4.78 is 0. The molecule has 0 aliphatic heterocycles. The van der Waals surface area contributed by atoms with Crippen molar-refractivity contribution in [3.05, 3.63) is 0 Å². The number of rotatable bonds is 4. The molecule has 0 saturated heterocycles. The maximum atomic E-state index is 10.9. The Morgan fingerprint density at radius 1 is 0.964 bits per heavy atom. The van der Waals surface area contributed by atoms with E-state index < -0.39 is 5.97 Å². The molecule has 4 rings (SSSR count). The normalized spacial score (nSPS) is 45.5. The van der Waals surface area contributed by atoms with Crippen LogP contribution in [-0.2, 0) is 4.79 Å². The van der Waals surface area contributed by atoms with Gasteiger partial charge in [-0.05, 0) is 111 Å². The summed E-state index contributed by atoms with van der Waals surface area (Å²) in [7, 11) is 0. The van der Waals surface area contributed by atoms with Gasteiger partial charge in [-0.2, -0.15) is 0 Å². The average Bonchev–Trinajstić information content (AvgIpc) is 2.96. The summed E-state index contributed by atoms with van der Waals surface area (Å²) in [4.78, 5) is 10.9. The Balaban J connectivity index is 0.00000140. The molecule has 28 heavy (non-hydrogen) atoms. The monoisotopic (exact) mass is 400 g/mol. The van der Waals surface area contributed by atoms with Gasteiger partial charge in [0.05, 0.1) is 0 Å². The zero-order chi connectivity index (χ0) is 18.5. The van der Waals surface area contributed by atoms with Gasteiger partial charge in [0.1, 0.15) is 0 Å². The van der Waals surface area contributed by atoms with Crippen molar-refractivity contribution in [1.29, 1.82) is 0 Å². The first-order chi connectivity index (χ1) is 12.4. The topological polar surface area (TPSA) is 71.6 Å². The third-order valence-electron chi connectivity index (χ3n) is 10.1. The number of hydrogen-bond donors (Lipinski definition) is 0. The number of carbonyl (C=O) groups excluding carboxylic acids is 1. The Bertz CT molecular complexity index is 552. The third kappa shape index (κ3) is 3.99. The quantitative estimate of drug-likeness (QED) is 0.669. The average molecular weight is 401 g/mol. The van der Waals surface area contributed by atoms with E-state index in [4.69, 9.17) is 0 Å². The Hall–Kier alpha value is 0.430. The molecule has 0 spiro atoms. The minimum Gasteiger partial charge on any atom is -0.550 e. The molecule has 4 fully saturated rings. The van der Waals surface area contributed by atoms with E-state index in [1.807, 2.05) is 0 Å². The van der Waals surface area contributed by atoms with Crippen molar-refractivity contribution in [2.75, 3.05) is 0 Å². The molecule has 0 heterocycles. The van der Waals surface area contributed by atoms with Gasteiger partial charge in [-0.1, -0.05) is 33.6 Å². The summed E-state index contributed by atoms with van der Waals surface area (Å²) in [6, 6.07) is 0. The fourth-order valence-electron chi connectivity index (χ4n) is 8.82. The molecular weight excluding hydrogens is 359 g/mol. The van der Waals surface area contributed by atoms with Gasteiger partial charge in [0.15, 0.2) is 0 Å². The predicted molar refractivity (Wildman–Crippen MR) is 107 cm³/mol. The molecular formula is C24H41NaO3. The largest absolute Gasteiger partial charge is 1.00 e. The number of carboxylic acid groups (broad SMARTS) is 1. The summed E-state index contributed by atoms with van der Waals surface area (Å²) in [6.07, 6.45) is 15.5. The second-order valence-corrected chi connectivity index (χ2v) is 11.0. The summed E-state index contributed by atoms with van der Waals surface area (Å²) in [6.45, 7) is 7.55. The van der Waals surface area contributed by atoms with Gasteiger partial charge in [-0.25, -0.2) is 0 Å². The summed E-state index contributed by atoms with van der Waals surface area (Å²) in [5.41, 5.74) is 1.09. The Kier molecular flexibility index (Phi) is 8.19. The van der Waals surface area contributed by atoms with Crippen LogP contribution in [0.2, 0.25) is 0 Å². The molecule has 0 amide bonds.